The van der Waals surface area contributed by atoms with Crippen molar-refractivity contribution in [1.29, 1.82) is 0 Å². The lowest BCUT2D eigenvalue weighted by atomic mass is 10.0. The molecule has 0 aliphatic rings. The highest BCUT2D eigenvalue weighted by molar-refractivity contribution is 7.08. The lowest BCUT2D eigenvalue weighted by Crippen LogP contribution is -2.14. The van der Waals surface area contributed by atoms with Gasteiger partial charge in [0.05, 0.1) is 16.8 Å². The van der Waals surface area contributed by atoms with Crippen LogP contribution < -0.4 is 0 Å². The molecule has 0 radical (unpaired) electrons. The topological polar surface area (TPSA) is 55.7 Å². The summed E-state index contributed by atoms with van der Waals surface area (Å²) in [5.74, 6) is -0.743. The summed E-state index contributed by atoms with van der Waals surface area (Å²) in [6, 6.07) is 0.785. The van der Waals surface area contributed by atoms with Crippen LogP contribution in [0.5, 0.6) is 0 Å². The Kier molecular flexibility index (Phi) is 3.61. The van der Waals surface area contributed by atoms with Crippen LogP contribution in [-0.2, 0) is 12.6 Å². The lowest BCUT2D eigenvalue weighted by molar-refractivity contribution is -0.137. The van der Waals surface area contributed by atoms with E-state index in [-0.39, 0.29) is 4.88 Å². The standard InChI is InChI=1S/C11H8F3N3OS/c1-2-8-10(19-17-16-8)9(18)6-5-15-4-3-7(6)11(12,13)14/h3-5H,2H2,1H3. The fraction of sp³-hybridized carbons (Fsp3) is 0.273. The van der Waals surface area contributed by atoms with Crippen LogP contribution in [-0.4, -0.2) is 20.4 Å². The van der Waals surface area contributed by atoms with Gasteiger partial charge in [0.1, 0.15) is 4.88 Å². The minimum absolute atomic E-state index is 0.126. The van der Waals surface area contributed by atoms with Gasteiger partial charge in [-0.15, -0.1) is 5.10 Å². The molecule has 100 valence electrons. The van der Waals surface area contributed by atoms with E-state index < -0.39 is 23.1 Å². The summed E-state index contributed by atoms with van der Waals surface area (Å²) in [6.45, 7) is 1.75. The van der Waals surface area contributed by atoms with Crippen LogP contribution in [0.3, 0.4) is 0 Å². The third-order valence-corrected chi connectivity index (χ3v) is 3.23. The summed E-state index contributed by atoms with van der Waals surface area (Å²) in [7, 11) is 0. The van der Waals surface area contributed by atoms with E-state index in [0.29, 0.717) is 12.1 Å². The van der Waals surface area contributed by atoms with E-state index >= 15 is 0 Å². The Hall–Kier alpha value is -1.83. The first-order chi connectivity index (χ1) is 8.95. The Balaban J connectivity index is 2.51. The number of ketones is 1. The van der Waals surface area contributed by atoms with E-state index in [4.69, 9.17) is 0 Å². The Morgan fingerprint density at radius 2 is 2.16 bits per heavy atom. The summed E-state index contributed by atoms with van der Waals surface area (Å²) < 4.78 is 42.1. The summed E-state index contributed by atoms with van der Waals surface area (Å²) in [6.07, 6.45) is -2.24. The molecule has 2 aromatic rings. The van der Waals surface area contributed by atoms with E-state index in [1.54, 1.807) is 6.92 Å². The van der Waals surface area contributed by atoms with Gasteiger partial charge in [-0.2, -0.15) is 13.2 Å². The molecule has 2 aromatic heterocycles. The third-order valence-electron chi connectivity index (χ3n) is 2.47. The zero-order chi connectivity index (χ0) is 14.0. The number of alkyl halides is 3. The van der Waals surface area contributed by atoms with Crippen molar-refractivity contribution in [3.05, 3.63) is 40.2 Å². The number of aryl methyl sites for hydroxylation is 1. The van der Waals surface area contributed by atoms with Crippen molar-refractivity contribution < 1.29 is 18.0 Å². The van der Waals surface area contributed by atoms with E-state index in [2.05, 4.69) is 14.6 Å². The van der Waals surface area contributed by atoms with Crippen LogP contribution in [0.1, 0.15) is 33.4 Å². The first-order valence-corrected chi connectivity index (χ1v) is 6.09. The normalized spacial score (nSPS) is 11.6. The molecule has 0 amide bonds. The maximum absolute atomic E-state index is 12.8. The number of halogens is 3. The molecular weight excluding hydrogens is 279 g/mol. The van der Waals surface area contributed by atoms with Crippen molar-refractivity contribution in [2.75, 3.05) is 0 Å². The zero-order valence-electron chi connectivity index (χ0n) is 9.73. The highest BCUT2D eigenvalue weighted by Gasteiger charge is 2.36. The molecule has 0 atom stereocenters. The summed E-state index contributed by atoms with van der Waals surface area (Å²) in [4.78, 5) is 15.9. The number of hydrogen-bond acceptors (Lipinski definition) is 5. The molecule has 0 spiro atoms. The van der Waals surface area contributed by atoms with E-state index in [1.807, 2.05) is 0 Å². The molecule has 0 unspecified atom stereocenters. The largest absolute Gasteiger partial charge is 0.417 e. The van der Waals surface area contributed by atoms with Gasteiger partial charge in [-0.25, -0.2) is 0 Å². The van der Waals surface area contributed by atoms with Crippen molar-refractivity contribution >= 4 is 17.3 Å². The average Bonchev–Trinajstić information content (AvgIpc) is 2.85. The molecular formula is C11H8F3N3OS. The van der Waals surface area contributed by atoms with Crippen molar-refractivity contribution in [2.24, 2.45) is 0 Å². The van der Waals surface area contributed by atoms with Gasteiger partial charge in [-0.3, -0.25) is 9.78 Å². The molecule has 0 aromatic carbocycles. The third kappa shape index (κ3) is 2.62. The molecule has 4 nitrogen and oxygen atoms in total. The summed E-state index contributed by atoms with van der Waals surface area (Å²) >= 11 is 0.791. The monoisotopic (exact) mass is 287 g/mol. The van der Waals surface area contributed by atoms with Gasteiger partial charge in [0.15, 0.2) is 0 Å². The number of aromatic nitrogens is 3. The Labute approximate surface area is 110 Å². The van der Waals surface area contributed by atoms with Crippen LogP contribution >= 0.6 is 11.5 Å². The van der Waals surface area contributed by atoms with Crippen LogP contribution in [0.4, 0.5) is 13.2 Å². The quantitative estimate of drug-likeness (QED) is 0.814. The molecule has 8 heteroatoms. The molecule has 0 bridgehead atoms. The zero-order valence-corrected chi connectivity index (χ0v) is 10.5. The smallest absolute Gasteiger partial charge is 0.287 e. The Morgan fingerprint density at radius 1 is 1.42 bits per heavy atom. The molecule has 0 saturated heterocycles. The number of nitrogens with zero attached hydrogens (tertiary/aromatic N) is 3. The van der Waals surface area contributed by atoms with Gasteiger partial charge in [0, 0.05) is 12.4 Å². The van der Waals surface area contributed by atoms with Gasteiger partial charge < -0.3 is 0 Å². The number of carbonyl (C=O) groups excluding carboxylic acids is 1. The predicted molar refractivity (Wildman–Crippen MR) is 62.0 cm³/mol. The molecule has 0 aliphatic carbocycles. The van der Waals surface area contributed by atoms with Crippen LogP contribution in [0.15, 0.2) is 18.5 Å². The second kappa shape index (κ2) is 5.04. The fourth-order valence-electron chi connectivity index (χ4n) is 1.56. The summed E-state index contributed by atoms with van der Waals surface area (Å²) in [5.41, 5.74) is -1.08. The fourth-order valence-corrected chi connectivity index (χ4v) is 2.26. The van der Waals surface area contributed by atoms with Crippen molar-refractivity contribution in [3.8, 4) is 0 Å². The average molecular weight is 287 g/mol. The molecule has 19 heavy (non-hydrogen) atoms. The van der Waals surface area contributed by atoms with Crippen LogP contribution in [0.2, 0.25) is 0 Å². The van der Waals surface area contributed by atoms with E-state index in [1.165, 1.54) is 0 Å². The molecule has 0 fully saturated rings. The highest BCUT2D eigenvalue weighted by Crippen LogP contribution is 2.33. The number of rotatable bonds is 3. The second-order valence-electron chi connectivity index (χ2n) is 3.65. The molecule has 2 heterocycles. The maximum atomic E-state index is 12.8. The van der Waals surface area contributed by atoms with Crippen LogP contribution in [0, 0.1) is 0 Å². The highest BCUT2D eigenvalue weighted by atomic mass is 32.1. The van der Waals surface area contributed by atoms with Gasteiger partial charge in [0.25, 0.3) is 0 Å². The molecule has 0 N–H and O–H groups in total. The number of pyridine rings is 1. The lowest BCUT2D eigenvalue weighted by Gasteiger charge is -2.10. The van der Waals surface area contributed by atoms with Gasteiger partial charge in [0.2, 0.25) is 5.78 Å². The first-order valence-electron chi connectivity index (χ1n) is 5.32. The molecule has 2 rings (SSSR count). The van der Waals surface area contributed by atoms with Crippen LogP contribution in [0.25, 0.3) is 0 Å². The maximum Gasteiger partial charge on any atom is 0.417 e. The molecule has 0 aliphatic heterocycles. The number of carbonyl (C=O) groups is 1. The van der Waals surface area contributed by atoms with E-state index in [0.717, 1.165) is 30.0 Å². The van der Waals surface area contributed by atoms with Crippen molar-refractivity contribution in [1.82, 2.24) is 14.6 Å². The van der Waals surface area contributed by atoms with Crippen molar-refractivity contribution in [3.63, 3.8) is 0 Å². The first kappa shape index (κ1) is 13.6. The second-order valence-corrected chi connectivity index (χ2v) is 4.40. The minimum atomic E-state index is -4.60. The van der Waals surface area contributed by atoms with E-state index in [9.17, 15) is 18.0 Å². The predicted octanol–water partition coefficient (Wildman–Crippen LogP) is 2.75. The van der Waals surface area contributed by atoms with Crippen molar-refractivity contribution in [2.45, 2.75) is 19.5 Å². The van der Waals surface area contributed by atoms with Gasteiger partial charge in [-0.05, 0) is 24.0 Å². The van der Waals surface area contributed by atoms with Gasteiger partial charge in [-0.1, -0.05) is 11.4 Å². The molecule has 0 saturated carbocycles. The minimum Gasteiger partial charge on any atom is -0.287 e. The van der Waals surface area contributed by atoms with Gasteiger partial charge >= 0.3 is 6.18 Å². The SMILES string of the molecule is CCc1nnsc1C(=O)c1cnccc1C(F)(F)F. The Morgan fingerprint density at radius 3 is 2.79 bits per heavy atom. The summed E-state index contributed by atoms with van der Waals surface area (Å²) in [5, 5.41) is 3.72. The number of hydrogen-bond donors (Lipinski definition) is 0. The Bertz CT molecular complexity index is 609.